The van der Waals surface area contributed by atoms with Gasteiger partial charge >= 0.3 is 0 Å². The van der Waals surface area contributed by atoms with Crippen molar-refractivity contribution in [1.82, 2.24) is 15.3 Å². The van der Waals surface area contributed by atoms with E-state index in [-0.39, 0.29) is 5.82 Å². The van der Waals surface area contributed by atoms with Gasteiger partial charge < -0.3 is 5.32 Å². The molecule has 1 aromatic carbocycles. The number of rotatable bonds is 4. The van der Waals surface area contributed by atoms with Crippen LogP contribution in [-0.4, -0.2) is 16.0 Å². The van der Waals surface area contributed by atoms with Crippen LogP contribution in [0.1, 0.15) is 25.2 Å². The molecule has 0 aliphatic carbocycles. The minimum Gasteiger partial charge on any atom is -0.309 e. The number of nitrogens with zero attached hydrogens (tertiary/aromatic N) is 2. The number of hydrogen-bond donors (Lipinski definition) is 1. The second-order valence-corrected chi connectivity index (χ2v) is 4.87. The summed E-state index contributed by atoms with van der Waals surface area (Å²) in [5, 5.41) is 3.33. The van der Waals surface area contributed by atoms with Crippen LogP contribution in [-0.2, 0) is 6.54 Å². The first kappa shape index (κ1) is 13.6. The number of halogens is 1. The molecular weight excluding hydrogens is 241 g/mol. The molecule has 0 aliphatic rings. The molecule has 3 nitrogen and oxygen atoms in total. The van der Waals surface area contributed by atoms with Crippen LogP contribution in [0.25, 0.3) is 11.4 Å². The molecule has 0 saturated heterocycles. The SMILES string of the molecule is Cc1cc(CNC(C)C)nc(-c2ccc(F)cc2)n1. The van der Waals surface area contributed by atoms with Gasteiger partial charge in [-0.3, -0.25) is 0 Å². The monoisotopic (exact) mass is 259 g/mol. The number of aromatic nitrogens is 2. The third-order valence-corrected chi connectivity index (χ3v) is 2.70. The van der Waals surface area contributed by atoms with Gasteiger partial charge in [0, 0.05) is 23.8 Å². The van der Waals surface area contributed by atoms with E-state index in [2.05, 4.69) is 29.1 Å². The van der Waals surface area contributed by atoms with Crippen LogP contribution in [0.15, 0.2) is 30.3 Å². The van der Waals surface area contributed by atoms with Gasteiger partial charge in [-0.25, -0.2) is 14.4 Å². The second-order valence-electron chi connectivity index (χ2n) is 4.87. The summed E-state index contributed by atoms with van der Waals surface area (Å²) in [6, 6.07) is 8.61. The molecule has 0 fully saturated rings. The van der Waals surface area contributed by atoms with Gasteiger partial charge in [0.25, 0.3) is 0 Å². The van der Waals surface area contributed by atoms with Gasteiger partial charge in [-0.05, 0) is 37.3 Å². The summed E-state index contributed by atoms with van der Waals surface area (Å²) in [6.07, 6.45) is 0. The fraction of sp³-hybridized carbons (Fsp3) is 0.333. The third kappa shape index (κ3) is 3.83. The largest absolute Gasteiger partial charge is 0.309 e. The van der Waals surface area contributed by atoms with E-state index in [9.17, 15) is 4.39 Å². The molecule has 0 saturated carbocycles. The zero-order valence-electron chi connectivity index (χ0n) is 11.4. The van der Waals surface area contributed by atoms with E-state index < -0.39 is 0 Å². The lowest BCUT2D eigenvalue weighted by molar-refractivity contribution is 0.580. The summed E-state index contributed by atoms with van der Waals surface area (Å²) < 4.78 is 12.9. The molecular formula is C15H18FN3. The van der Waals surface area contributed by atoms with E-state index >= 15 is 0 Å². The lowest BCUT2D eigenvalue weighted by atomic mass is 10.2. The van der Waals surface area contributed by atoms with Gasteiger partial charge in [-0.2, -0.15) is 0 Å². The fourth-order valence-electron chi connectivity index (χ4n) is 1.76. The molecule has 100 valence electrons. The number of benzene rings is 1. The van der Waals surface area contributed by atoms with E-state index in [4.69, 9.17) is 0 Å². The fourth-order valence-corrected chi connectivity index (χ4v) is 1.76. The van der Waals surface area contributed by atoms with Gasteiger partial charge in [0.15, 0.2) is 5.82 Å². The van der Waals surface area contributed by atoms with Gasteiger partial charge in [0.05, 0.1) is 5.69 Å². The van der Waals surface area contributed by atoms with Crippen molar-refractivity contribution in [3.05, 3.63) is 47.5 Å². The Balaban J connectivity index is 2.28. The zero-order valence-corrected chi connectivity index (χ0v) is 11.4. The molecule has 1 N–H and O–H groups in total. The molecule has 0 aliphatic heterocycles. The Morgan fingerprint density at radius 3 is 2.47 bits per heavy atom. The van der Waals surface area contributed by atoms with Crippen molar-refractivity contribution in [2.24, 2.45) is 0 Å². The number of aryl methyl sites for hydroxylation is 1. The maximum atomic E-state index is 12.9. The summed E-state index contributed by atoms with van der Waals surface area (Å²) in [5.41, 5.74) is 2.69. The number of hydrogen-bond acceptors (Lipinski definition) is 3. The minimum atomic E-state index is -0.252. The highest BCUT2D eigenvalue weighted by Gasteiger charge is 2.05. The summed E-state index contributed by atoms with van der Waals surface area (Å²) in [5.74, 6) is 0.388. The summed E-state index contributed by atoms with van der Waals surface area (Å²) in [7, 11) is 0. The average molecular weight is 259 g/mol. The maximum absolute atomic E-state index is 12.9. The predicted molar refractivity (Wildman–Crippen MR) is 74.1 cm³/mol. The highest BCUT2D eigenvalue weighted by molar-refractivity contribution is 5.54. The Hall–Kier alpha value is -1.81. The topological polar surface area (TPSA) is 37.8 Å². The van der Waals surface area contributed by atoms with Crippen LogP contribution < -0.4 is 5.32 Å². The van der Waals surface area contributed by atoms with E-state index in [0.717, 1.165) is 17.0 Å². The Bertz CT molecular complexity index is 550. The Morgan fingerprint density at radius 1 is 1.16 bits per heavy atom. The zero-order chi connectivity index (χ0) is 13.8. The van der Waals surface area contributed by atoms with Crippen LogP contribution in [0.4, 0.5) is 4.39 Å². The van der Waals surface area contributed by atoms with Crippen molar-refractivity contribution in [2.45, 2.75) is 33.4 Å². The molecule has 19 heavy (non-hydrogen) atoms. The molecule has 0 atom stereocenters. The highest BCUT2D eigenvalue weighted by Crippen LogP contribution is 2.16. The Kier molecular flexibility index (Phi) is 4.22. The van der Waals surface area contributed by atoms with Gasteiger partial charge in [0.1, 0.15) is 5.82 Å². The van der Waals surface area contributed by atoms with E-state index in [1.807, 2.05) is 13.0 Å². The number of nitrogens with one attached hydrogen (secondary N) is 1. The first-order valence-corrected chi connectivity index (χ1v) is 6.38. The lowest BCUT2D eigenvalue weighted by Gasteiger charge is -2.09. The van der Waals surface area contributed by atoms with E-state index in [1.54, 1.807) is 12.1 Å². The molecule has 0 bridgehead atoms. The summed E-state index contributed by atoms with van der Waals surface area (Å²) in [4.78, 5) is 8.91. The molecule has 0 spiro atoms. The normalized spacial score (nSPS) is 11.0. The maximum Gasteiger partial charge on any atom is 0.159 e. The molecule has 2 aromatic rings. The van der Waals surface area contributed by atoms with Crippen LogP contribution in [0, 0.1) is 12.7 Å². The van der Waals surface area contributed by atoms with Crippen LogP contribution in [0.5, 0.6) is 0 Å². The summed E-state index contributed by atoms with van der Waals surface area (Å²) in [6.45, 7) is 6.83. The molecule has 1 aromatic heterocycles. The molecule has 4 heteroatoms. The third-order valence-electron chi connectivity index (χ3n) is 2.70. The Labute approximate surface area is 112 Å². The van der Waals surface area contributed by atoms with Crippen molar-refractivity contribution in [2.75, 3.05) is 0 Å². The van der Waals surface area contributed by atoms with Crippen molar-refractivity contribution < 1.29 is 4.39 Å². The quantitative estimate of drug-likeness (QED) is 0.917. The molecule has 1 heterocycles. The first-order chi connectivity index (χ1) is 9.04. The van der Waals surface area contributed by atoms with Crippen LogP contribution in [0.3, 0.4) is 0 Å². The second kappa shape index (κ2) is 5.89. The van der Waals surface area contributed by atoms with Crippen molar-refractivity contribution in [1.29, 1.82) is 0 Å². The average Bonchev–Trinajstić information content (AvgIpc) is 2.36. The van der Waals surface area contributed by atoms with Crippen molar-refractivity contribution >= 4 is 0 Å². The van der Waals surface area contributed by atoms with E-state index in [0.29, 0.717) is 18.4 Å². The van der Waals surface area contributed by atoms with Gasteiger partial charge in [-0.1, -0.05) is 13.8 Å². The van der Waals surface area contributed by atoms with Crippen molar-refractivity contribution in [3.8, 4) is 11.4 Å². The van der Waals surface area contributed by atoms with Crippen LogP contribution in [0.2, 0.25) is 0 Å². The smallest absolute Gasteiger partial charge is 0.159 e. The van der Waals surface area contributed by atoms with E-state index in [1.165, 1.54) is 12.1 Å². The molecule has 0 unspecified atom stereocenters. The van der Waals surface area contributed by atoms with Crippen molar-refractivity contribution in [3.63, 3.8) is 0 Å². The molecule has 2 rings (SSSR count). The highest BCUT2D eigenvalue weighted by atomic mass is 19.1. The predicted octanol–water partition coefficient (Wildman–Crippen LogP) is 3.09. The minimum absolute atomic E-state index is 0.252. The van der Waals surface area contributed by atoms with Crippen LogP contribution >= 0.6 is 0 Å². The van der Waals surface area contributed by atoms with Gasteiger partial charge in [0.2, 0.25) is 0 Å². The lowest BCUT2D eigenvalue weighted by Crippen LogP contribution is -2.22. The molecule has 0 amide bonds. The summed E-state index contributed by atoms with van der Waals surface area (Å²) >= 11 is 0. The standard InChI is InChI=1S/C15H18FN3/c1-10(2)17-9-14-8-11(3)18-15(19-14)12-4-6-13(16)7-5-12/h4-8,10,17H,9H2,1-3H3. The Morgan fingerprint density at radius 2 is 1.84 bits per heavy atom. The molecule has 0 radical (unpaired) electrons. The first-order valence-electron chi connectivity index (χ1n) is 6.38. The van der Waals surface area contributed by atoms with Gasteiger partial charge in [-0.15, -0.1) is 0 Å².